The van der Waals surface area contributed by atoms with Gasteiger partial charge in [-0.2, -0.15) is 0 Å². The van der Waals surface area contributed by atoms with Crippen molar-refractivity contribution in [1.82, 2.24) is 4.98 Å². The SMILES string of the molecule is CC(Nc1ccc(N2CCOCC2)cc1)c1ccccn1. The number of rotatable bonds is 4. The van der Waals surface area contributed by atoms with E-state index < -0.39 is 0 Å². The van der Waals surface area contributed by atoms with Crippen molar-refractivity contribution < 1.29 is 4.74 Å². The van der Waals surface area contributed by atoms with Crippen molar-refractivity contribution in [3.63, 3.8) is 0 Å². The van der Waals surface area contributed by atoms with Crippen LogP contribution in [0.4, 0.5) is 11.4 Å². The molecule has 0 spiro atoms. The summed E-state index contributed by atoms with van der Waals surface area (Å²) < 4.78 is 5.39. The van der Waals surface area contributed by atoms with Crippen molar-refractivity contribution in [1.29, 1.82) is 0 Å². The highest BCUT2D eigenvalue weighted by Crippen LogP contribution is 2.22. The van der Waals surface area contributed by atoms with Crippen molar-refractivity contribution in [3.05, 3.63) is 54.4 Å². The van der Waals surface area contributed by atoms with Gasteiger partial charge in [0.1, 0.15) is 0 Å². The van der Waals surface area contributed by atoms with E-state index in [-0.39, 0.29) is 6.04 Å². The monoisotopic (exact) mass is 283 g/mol. The lowest BCUT2D eigenvalue weighted by molar-refractivity contribution is 0.122. The van der Waals surface area contributed by atoms with Crippen molar-refractivity contribution in [2.45, 2.75) is 13.0 Å². The van der Waals surface area contributed by atoms with Gasteiger partial charge in [-0.25, -0.2) is 0 Å². The van der Waals surface area contributed by atoms with E-state index in [1.807, 2.05) is 24.4 Å². The molecule has 2 aromatic rings. The molecule has 4 heteroatoms. The quantitative estimate of drug-likeness (QED) is 0.935. The van der Waals surface area contributed by atoms with E-state index in [2.05, 4.69) is 46.4 Å². The molecule has 1 aromatic heterocycles. The Morgan fingerprint density at radius 2 is 1.86 bits per heavy atom. The molecule has 21 heavy (non-hydrogen) atoms. The van der Waals surface area contributed by atoms with Crippen LogP contribution in [0.5, 0.6) is 0 Å². The predicted molar refractivity (Wildman–Crippen MR) is 85.7 cm³/mol. The summed E-state index contributed by atoms with van der Waals surface area (Å²) in [7, 11) is 0. The number of hydrogen-bond acceptors (Lipinski definition) is 4. The molecule has 2 heterocycles. The molecule has 1 unspecified atom stereocenters. The smallest absolute Gasteiger partial charge is 0.0657 e. The summed E-state index contributed by atoms with van der Waals surface area (Å²) in [4.78, 5) is 6.74. The lowest BCUT2D eigenvalue weighted by Crippen LogP contribution is -2.36. The minimum atomic E-state index is 0.195. The average Bonchev–Trinajstić information content (AvgIpc) is 2.57. The number of morpholine rings is 1. The third-order valence-corrected chi connectivity index (χ3v) is 3.76. The van der Waals surface area contributed by atoms with Gasteiger partial charge in [0.2, 0.25) is 0 Å². The second kappa shape index (κ2) is 6.59. The predicted octanol–water partition coefficient (Wildman–Crippen LogP) is 3.09. The first-order valence-electron chi connectivity index (χ1n) is 7.43. The van der Waals surface area contributed by atoms with Gasteiger partial charge in [0.05, 0.1) is 24.9 Å². The van der Waals surface area contributed by atoms with Gasteiger partial charge in [0, 0.05) is 30.7 Å². The zero-order chi connectivity index (χ0) is 14.5. The lowest BCUT2D eigenvalue weighted by Gasteiger charge is -2.29. The number of hydrogen-bond donors (Lipinski definition) is 1. The number of nitrogens with one attached hydrogen (secondary N) is 1. The summed E-state index contributed by atoms with van der Waals surface area (Å²) in [6, 6.07) is 14.8. The molecule has 0 radical (unpaired) electrons. The summed E-state index contributed by atoms with van der Waals surface area (Å²) in [5.41, 5.74) is 3.43. The topological polar surface area (TPSA) is 37.4 Å². The summed E-state index contributed by atoms with van der Waals surface area (Å²) in [6.45, 7) is 5.69. The van der Waals surface area contributed by atoms with Crippen LogP contribution in [0.2, 0.25) is 0 Å². The second-order valence-electron chi connectivity index (χ2n) is 5.27. The molecule has 1 atom stereocenters. The molecule has 0 saturated carbocycles. The fraction of sp³-hybridized carbons (Fsp3) is 0.353. The van der Waals surface area contributed by atoms with Crippen LogP contribution in [0, 0.1) is 0 Å². The fourth-order valence-electron chi connectivity index (χ4n) is 2.55. The van der Waals surface area contributed by atoms with E-state index >= 15 is 0 Å². The van der Waals surface area contributed by atoms with Gasteiger partial charge in [0.25, 0.3) is 0 Å². The number of aromatic nitrogens is 1. The van der Waals surface area contributed by atoms with Crippen LogP contribution in [-0.4, -0.2) is 31.3 Å². The van der Waals surface area contributed by atoms with Gasteiger partial charge in [0.15, 0.2) is 0 Å². The third kappa shape index (κ3) is 3.52. The Morgan fingerprint density at radius 1 is 1.10 bits per heavy atom. The maximum absolute atomic E-state index is 5.39. The molecule has 1 saturated heterocycles. The Kier molecular flexibility index (Phi) is 4.36. The van der Waals surface area contributed by atoms with Crippen LogP contribution in [0.15, 0.2) is 48.7 Å². The van der Waals surface area contributed by atoms with E-state index in [1.165, 1.54) is 5.69 Å². The van der Waals surface area contributed by atoms with Gasteiger partial charge < -0.3 is 15.0 Å². The minimum Gasteiger partial charge on any atom is -0.378 e. The van der Waals surface area contributed by atoms with Crippen molar-refractivity contribution in [2.24, 2.45) is 0 Å². The molecule has 1 aliphatic rings. The highest BCUT2D eigenvalue weighted by molar-refractivity contribution is 5.55. The maximum atomic E-state index is 5.39. The molecule has 4 nitrogen and oxygen atoms in total. The summed E-state index contributed by atoms with van der Waals surface area (Å²) in [5.74, 6) is 0. The van der Waals surface area contributed by atoms with Gasteiger partial charge in [-0.15, -0.1) is 0 Å². The fourth-order valence-corrected chi connectivity index (χ4v) is 2.55. The summed E-state index contributed by atoms with van der Waals surface area (Å²) >= 11 is 0. The van der Waals surface area contributed by atoms with Crippen LogP contribution in [0.3, 0.4) is 0 Å². The number of benzene rings is 1. The van der Waals surface area contributed by atoms with E-state index in [0.717, 1.165) is 37.7 Å². The molecule has 110 valence electrons. The van der Waals surface area contributed by atoms with Crippen molar-refractivity contribution >= 4 is 11.4 Å². The molecule has 1 aliphatic heterocycles. The van der Waals surface area contributed by atoms with E-state index in [1.54, 1.807) is 0 Å². The minimum absolute atomic E-state index is 0.195. The normalized spacial score (nSPS) is 16.5. The van der Waals surface area contributed by atoms with Crippen LogP contribution in [0.25, 0.3) is 0 Å². The van der Waals surface area contributed by atoms with Crippen LogP contribution in [-0.2, 0) is 4.74 Å². The number of ether oxygens (including phenoxy) is 1. The second-order valence-corrected chi connectivity index (χ2v) is 5.27. The van der Waals surface area contributed by atoms with E-state index in [4.69, 9.17) is 4.74 Å². The highest BCUT2D eigenvalue weighted by atomic mass is 16.5. The largest absolute Gasteiger partial charge is 0.378 e. The first-order chi connectivity index (χ1) is 10.3. The van der Waals surface area contributed by atoms with Crippen molar-refractivity contribution in [3.8, 4) is 0 Å². The number of anilines is 2. The Balaban J connectivity index is 1.64. The van der Waals surface area contributed by atoms with Gasteiger partial charge in [-0.3, -0.25) is 4.98 Å². The van der Waals surface area contributed by atoms with Gasteiger partial charge >= 0.3 is 0 Å². The van der Waals surface area contributed by atoms with Crippen LogP contribution >= 0.6 is 0 Å². The molecule has 1 aromatic carbocycles. The molecule has 0 aliphatic carbocycles. The molecule has 1 fully saturated rings. The number of nitrogens with zero attached hydrogens (tertiary/aromatic N) is 2. The maximum Gasteiger partial charge on any atom is 0.0657 e. The first-order valence-corrected chi connectivity index (χ1v) is 7.43. The van der Waals surface area contributed by atoms with E-state index in [0.29, 0.717) is 0 Å². The molecule has 0 amide bonds. The molecular weight excluding hydrogens is 262 g/mol. The van der Waals surface area contributed by atoms with Crippen LogP contribution in [0.1, 0.15) is 18.7 Å². The zero-order valence-corrected chi connectivity index (χ0v) is 12.3. The molecule has 0 bridgehead atoms. The third-order valence-electron chi connectivity index (χ3n) is 3.76. The summed E-state index contributed by atoms with van der Waals surface area (Å²) in [6.07, 6.45) is 1.83. The van der Waals surface area contributed by atoms with Gasteiger partial charge in [-0.05, 0) is 43.3 Å². The highest BCUT2D eigenvalue weighted by Gasteiger charge is 2.11. The first kappa shape index (κ1) is 13.9. The molecule has 1 N–H and O–H groups in total. The average molecular weight is 283 g/mol. The standard InChI is InChI=1S/C17H21N3O/c1-14(17-4-2-3-9-18-17)19-15-5-7-16(8-6-15)20-10-12-21-13-11-20/h2-9,14,19H,10-13H2,1H3. The Morgan fingerprint density at radius 3 is 2.52 bits per heavy atom. The van der Waals surface area contributed by atoms with Gasteiger partial charge in [-0.1, -0.05) is 6.07 Å². The van der Waals surface area contributed by atoms with Crippen LogP contribution < -0.4 is 10.2 Å². The van der Waals surface area contributed by atoms with E-state index in [9.17, 15) is 0 Å². The zero-order valence-electron chi connectivity index (χ0n) is 12.3. The Bertz CT molecular complexity index is 550. The van der Waals surface area contributed by atoms with Crippen molar-refractivity contribution in [2.75, 3.05) is 36.5 Å². The lowest BCUT2D eigenvalue weighted by atomic mass is 10.2. The number of pyridine rings is 1. The molecule has 3 rings (SSSR count). The Labute approximate surface area is 125 Å². The molecular formula is C17H21N3O. The summed E-state index contributed by atoms with van der Waals surface area (Å²) in [5, 5.41) is 3.48. The Hall–Kier alpha value is -2.07.